The lowest BCUT2D eigenvalue weighted by Crippen LogP contribution is -2.17. The SMILES string of the molecule is CCNCc1cc(CN(C)Cc2cccc(C)n2)oc1C. The van der Waals surface area contributed by atoms with Crippen LogP contribution in [-0.4, -0.2) is 23.5 Å². The Balaban J connectivity index is 1.94. The third-order valence-electron chi connectivity index (χ3n) is 3.44. The van der Waals surface area contributed by atoms with Gasteiger partial charge in [0.05, 0.1) is 12.2 Å². The number of rotatable bonds is 7. The number of hydrogen-bond donors (Lipinski definition) is 1. The van der Waals surface area contributed by atoms with E-state index in [4.69, 9.17) is 4.42 Å². The second kappa shape index (κ2) is 7.38. The predicted octanol–water partition coefficient (Wildman–Crippen LogP) is 3.03. The van der Waals surface area contributed by atoms with Gasteiger partial charge >= 0.3 is 0 Å². The molecular weight excluding hydrogens is 262 g/mol. The fraction of sp³-hybridized carbons (Fsp3) is 0.471. The zero-order valence-corrected chi connectivity index (χ0v) is 13.4. The molecular formula is C17H25N3O. The van der Waals surface area contributed by atoms with Crippen molar-refractivity contribution in [3.63, 3.8) is 0 Å². The minimum absolute atomic E-state index is 0.794. The summed E-state index contributed by atoms with van der Waals surface area (Å²) in [4.78, 5) is 6.76. The Morgan fingerprint density at radius 3 is 2.76 bits per heavy atom. The molecule has 0 fully saturated rings. The van der Waals surface area contributed by atoms with Gasteiger partial charge in [0.15, 0.2) is 0 Å². The molecule has 114 valence electrons. The molecule has 0 bridgehead atoms. The van der Waals surface area contributed by atoms with E-state index < -0.39 is 0 Å². The fourth-order valence-electron chi connectivity index (χ4n) is 2.39. The third kappa shape index (κ3) is 4.69. The molecule has 4 heteroatoms. The first-order chi connectivity index (χ1) is 10.1. The van der Waals surface area contributed by atoms with E-state index in [9.17, 15) is 0 Å². The van der Waals surface area contributed by atoms with Crippen molar-refractivity contribution in [1.82, 2.24) is 15.2 Å². The summed E-state index contributed by atoms with van der Waals surface area (Å²) in [5.74, 6) is 2.02. The van der Waals surface area contributed by atoms with Crippen LogP contribution in [0.3, 0.4) is 0 Å². The van der Waals surface area contributed by atoms with Gasteiger partial charge in [-0.3, -0.25) is 9.88 Å². The third-order valence-corrected chi connectivity index (χ3v) is 3.44. The first kappa shape index (κ1) is 15.7. The molecule has 4 nitrogen and oxygen atoms in total. The highest BCUT2D eigenvalue weighted by Crippen LogP contribution is 2.16. The molecule has 2 rings (SSSR count). The molecule has 0 saturated heterocycles. The second-order valence-electron chi connectivity index (χ2n) is 5.52. The van der Waals surface area contributed by atoms with E-state index in [1.54, 1.807) is 0 Å². The molecule has 2 heterocycles. The Kier molecular flexibility index (Phi) is 5.53. The quantitative estimate of drug-likeness (QED) is 0.850. The summed E-state index contributed by atoms with van der Waals surface area (Å²) in [7, 11) is 2.09. The molecule has 1 N–H and O–H groups in total. The fourth-order valence-corrected chi connectivity index (χ4v) is 2.39. The lowest BCUT2D eigenvalue weighted by atomic mass is 10.2. The molecule has 0 amide bonds. The average molecular weight is 287 g/mol. The Bertz CT molecular complexity index is 577. The van der Waals surface area contributed by atoms with Gasteiger partial charge in [-0.05, 0) is 45.6 Å². The van der Waals surface area contributed by atoms with Gasteiger partial charge in [-0.1, -0.05) is 13.0 Å². The largest absolute Gasteiger partial charge is 0.465 e. The highest BCUT2D eigenvalue weighted by atomic mass is 16.3. The van der Waals surface area contributed by atoms with Crippen molar-refractivity contribution in [2.75, 3.05) is 13.6 Å². The number of nitrogens with one attached hydrogen (secondary N) is 1. The number of aryl methyl sites for hydroxylation is 2. The van der Waals surface area contributed by atoms with Gasteiger partial charge in [0.1, 0.15) is 11.5 Å². The maximum absolute atomic E-state index is 5.84. The van der Waals surface area contributed by atoms with E-state index in [1.165, 1.54) is 5.56 Å². The number of pyridine rings is 1. The van der Waals surface area contributed by atoms with Gasteiger partial charge in [0.2, 0.25) is 0 Å². The van der Waals surface area contributed by atoms with E-state index in [-0.39, 0.29) is 0 Å². The van der Waals surface area contributed by atoms with Crippen molar-refractivity contribution in [2.24, 2.45) is 0 Å². The monoisotopic (exact) mass is 287 g/mol. The van der Waals surface area contributed by atoms with Crippen molar-refractivity contribution in [3.05, 3.63) is 52.7 Å². The maximum Gasteiger partial charge on any atom is 0.118 e. The van der Waals surface area contributed by atoms with Crippen LogP contribution in [0.2, 0.25) is 0 Å². The van der Waals surface area contributed by atoms with E-state index in [2.05, 4.69) is 47.4 Å². The van der Waals surface area contributed by atoms with Crippen LogP contribution in [0.5, 0.6) is 0 Å². The summed E-state index contributed by atoms with van der Waals surface area (Å²) in [5, 5.41) is 3.33. The minimum atomic E-state index is 0.794. The molecule has 21 heavy (non-hydrogen) atoms. The highest BCUT2D eigenvalue weighted by molar-refractivity contribution is 5.20. The van der Waals surface area contributed by atoms with Crippen LogP contribution in [0.4, 0.5) is 0 Å². The average Bonchev–Trinajstić information content (AvgIpc) is 2.76. The minimum Gasteiger partial charge on any atom is -0.465 e. The van der Waals surface area contributed by atoms with Crippen LogP contribution < -0.4 is 5.32 Å². The number of hydrogen-bond acceptors (Lipinski definition) is 4. The van der Waals surface area contributed by atoms with Crippen LogP contribution >= 0.6 is 0 Å². The normalized spacial score (nSPS) is 11.3. The van der Waals surface area contributed by atoms with E-state index >= 15 is 0 Å². The Morgan fingerprint density at radius 2 is 2.05 bits per heavy atom. The number of nitrogens with zero attached hydrogens (tertiary/aromatic N) is 2. The van der Waals surface area contributed by atoms with Crippen LogP contribution in [0.25, 0.3) is 0 Å². The van der Waals surface area contributed by atoms with Gasteiger partial charge in [-0.25, -0.2) is 0 Å². The van der Waals surface area contributed by atoms with Crippen LogP contribution in [-0.2, 0) is 19.6 Å². The zero-order chi connectivity index (χ0) is 15.2. The van der Waals surface area contributed by atoms with E-state index in [0.717, 1.165) is 49.1 Å². The molecule has 0 spiro atoms. The van der Waals surface area contributed by atoms with Gasteiger partial charge < -0.3 is 9.73 Å². The summed E-state index contributed by atoms with van der Waals surface area (Å²) in [6.07, 6.45) is 0. The smallest absolute Gasteiger partial charge is 0.118 e. The van der Waals surface area contributed by atoms with Crippen molar-refractivity contribution >= 4 is 0 Å². The lowest BCUT2D eigenvalue weighted by molar-refractivity contribution is 0.282. The molecule has 0 aliphatic rings. The van der Waals surface area contributed by atoms with Gasteiger partial charge in [-0.2, -0.15) is 0 Å². The summed E-state index contributed by atoms with van der Waals surface area (Å²) >= 11 is 0. The molecule has 2 aromatic heterocycles. The maximum atomic E-state index is 5.84. The summed E-state index contributed by atoms with van der Waals surface area (Å²) in [6, 6.07) is 8.29. The summed E-state index contributed by atoms with van der Waals surface area (Å²) < 4.78 is 5.84. The number of furan rings is 1. The molecule has 0 radical (unpaired) electrons. The second-order valence-corrected chi connectivity index (χ2v) is 5.52. The Labute approximate surface area is 127 Å². The number of aromatic nitrogens is 1. The molecule has 0 aromatic carbocycles. The van der Waals surface area contributed by atoms with Crippen molar-refractivity contribution < 1.29 is 4.42 Å². The molecule has 0 saturated carbocycles. The molecule has 0 unspecified atom stereocenters. The van der Waals surface area contributed by atoms with Crippen LogP contribution in [0, 0.1) is 13.8 Å². The predicted molar refractivity (Wildman–Crippen MR) is 85.0 cm³/mol. The standard InChI is InChI=1S/C17H25N3O/c1-5-18-10-15-9-17(21-14(15)3)12-20(4)11-16-8-6-7-13(2)19-16/h6-9,18H,5,10-12H2,1-4H3. The molecule has 0 atom stereocenters. The van der Waals surface area contributed by atoms with Crippen molar-refractivity contribution in [3.8, 4) is 0 Å². The first-order valence-corrected chi connectivity index (χ1v) is 7.48. The lowest BCUT2D eigenvalue weighted by Gasteiger charge is -2.14. The summed E-state index contributed by atoms with van der Waals surface area (Å²) in [5.41, 5.74) is 3.39. The van der Waals surface area contributed by atoms with E-state index in [0.29, 0.717) is 0 Å². The van der Waals surface area contributed by atoms with Crippen LogP contribution in [0.1, 0.15) is 35.4 Å². The van der Waals surface area contributed by atoms with Crippen molar-refractivity contribution in [1.29, 1.82) is 0 Å². The zero-order valence-electron chi connectivity index (χ0n) is 13.4. The highest BCUT2D eigenvalue weighted by Gasteiger charge is 2.10. The van der Waals surface area contributed by atoms with Crippen LogP contribution in [0.15, 0.2) is 28.7 Å². The van der Waals surface area contributed by atoms with Crippen molar-refractivity contribution in [2.45, 2.75) is 40.4 Å². The first-order valence-electron chi connectivity index (χ1n) is 7.48. The molecule has 0 aliphatic carbocycles. The van der Waals surface area contributed by atoms with Gasteiger partial charge in [0, 0.05) is 24.3 Å². The summed E-state index contributed by atoms with van der Waals surface area (Å²) in [6.45, 7) is 9.62. The Morgan fingerprint density at radius 1 is 1.24 bits per heavy atom. The topological polar surface area (TPSA) is 41.3 Å². The Hall–Kier alpha value is -1.65. The van der Waals surface area contributed by atoms with E-state index in [1.807, 2.05) is 19.9 Å². The molecule has 2 aromatic rings. The molecule has 0 aliphatic heterocycles. The van der Waals surface area contributed by atoms with Gasteiger partial charge in [-0.15, -0.1) is 0 Å². The van der Waals surface area contributed by atoms with Gasteiger partial charge in [0.25, 0.3) is 0 Å².